The normalized spacial score (nSPS) is 24.5. The first kappa shape index (κ1) is 14.1. The van der Waals surface area contributed by atoms with Crippen LogP contribution in [0.5, 0.6) is 0 Å². The van der Waals surface area contributed by atoms with Gasteiger partial charge in [0.1, 0.15) is 5.82 Å². The monoisotopic (exact) mass is 262 g/mol. The minimum atomic E-state index is 0.587. The van der Waals surface area contributed by atoms with E-state index in [0.29, 0.717) is 12.1 Å². The third-order valence-electron chi connectivity index (χ3n) is 4.02. The fourth-order valence-corrected chi connectivity index (χ4v) is 2.58. The van der Waals surface area contributed by atoms with E-state index in [9.17, 15) is 0 Å². The zero-order chi connectivity index (χ0) is 13.8. The van der Waals surface area contributed by atoms with Crippen LogP contribution in [0.25, 0.3) is 0 Å². The average Bonchev–Trinajstić information content (AvgIpc) is 2.42. The summed E-state index contributed by atoms with van der Waals surface area (Å²) in [6, 6.07) is 5.45. The predicted molar refractivity (Wildman–Crippen MR) is 81.9 cm³/mol. The molecule has 0 amide bonds. The highest BCUT2D eigenvalue weighted by atomic mass is 15.3. The molecule has 1 aromatic heterocycles. The van der Waals surface area contributed by atoms with E-state index in [0.717, 1.165) is 31.9 Å². The maximum Gasteiger partial charge on any atom is 0.127 e. The van der Waals surface area contributed by atoms with Crippen molar-refractivity contribution in [3.8, 4) is 0 Å². The van der Waals surface area contributed by atoms with Crippen molar-refractivity contribution < 1.29 is 0 Å². The Morgan fingerprint density at radius 3 is 2.63 bits per heavy atom. The highest BCUT2D eigenvalue weighted by Gasteiger charge is 2.26. The van der Waals surface area contributed by atoms with Gasteiger partial charge >= 0.3 is 0 Å². The van der Waals surface area contributed by atoms with Gasteiger partial charge < -0.3 is 10.2 Å². The number of hydrogen-bond donors (Lipinski definition) is 1. The number of nitrogens with zero attached hydrogens (tertiary/aromatic N) is 3. The molecule has 1 saturated heterocycles. The molecular formula is C15H26N4. The molecule has 0 saturated carbocycles. The van der Waals surface area contributed by atoms with Gasteiger partial charge in [-0.25, -0.2) is 4.98 Å². The molecule has 2 atom stereocenters. The summed E-state index contributed by atoms with van der Waals surface area (Å²) < 4.78 is 0. The zero-order valence-electron chi connectivity index (χ0n) is 12.6. The molecule has 2 rings (SSSR count). The molecule has 0 aromatic carbocycles. The van der Waals surface area contributed by atoms with Crippen LogP contribution in [0.1, 0.15) is 27.2 Å². The van der Waals surface area contributed by atoms with Gasteiger partial charge in [-0.2, -0.15) is 0 Å². The number of nitrogens with one attached hydrogen (secondary N) is 1. The maximum atomic E-state index is 4.38. The Bertz CT molecular complexity index is 395. The lowest BCUT2D eigenvalue weighted by molar-refractivity contribution is 0.170. The highest BCUT2D eigenvalue weighted by molar-refractivity contribution is 5.54. The first-order chi connectivity index (χ1) is 9.11. The Morgan fingerprint density at radius 2 is 2.00 bits per heavy atom. The summed E-state index contributed by atoms with van der Waals surface area (Å²) >= 11 is 0. The Morgan fingerprint density at radius 1 is 1.32 bits per heavy atom. The molecule has 1 aromatic rings. The van der Waals surface area contributed by atoms with Crippen molar-refractivity contribution in [1.29, 1.82) is 0 Å². The van der Waals surface area contributed by atoms with Crippen LogP contribution in [0, 0.1) is 0 Å². The summed E-state index contributed by atoms with van der Waals surface area (Å²) in [6.45, 7) is 9.89. The van der Waals surface area contributed by atoms with Gasteiger partial charge in [0.15, 0.2) is 0 Å². The second-order valence-corrected chi connectivity index (χ2v) is 5.59. The summed E-state index contributed by atoms with van der Waals surface area (Å²) in [7, 11) is 2.22. The smallest absolute Gasteiger partial charge is 0.127 e. The largest absolute Gasteiger partial charge is 0.370 e. The number of piperazine rings is 1. The van der Waals surface area contributed by atoms with Crippen LogP contribution in [0.3, 0.4) is 0 Å². The van der Waals surface area contributed by atoms with Crippen LogP contribution in [0.4, 0.5) is 11.5 Å². The van der Waals surface area contributed by atoms with Crippen molar-refractivity contribution in [3.63, 3.8) is 0 Å². The van der Waals surface area contributed by atoms with Crippen LogP contribution in [0.2, 0.25) is 0 Å². The van der Waals surface area contributed by atoms with Crippen LogP contribution in [0.15, 0.2) is 18.3 Å². The molecule has 1 fully saturated rings. The highest BCUT2D eigenvalue weighted by Crippen LogP contribution is 2.22. The molecule has 2 heterocycles. The van der Waals surface area contributed by atoms with Gasteiger partial charge in [-0.1, -0.05) is 6.92 Å². The Labute approximate surface area is 116 Å². The van der Waals surface area contributed by atoms with E-state index in [2.05, 4.69) is 60.1 Å². The fraction of sp³-hybridized carbons (Fsp3) is 0.667. The Hall–Kier alpha value is -1.29. The lowest BCUT2D eigenvalue weighted by Crippen LogP contribution is -2.55. The molecule has 0 radical (unpaired) electrons. The molecule has 1 aliphatic heterocycles. The number of pyridine rings is 1. The van der Waals surface area contributed by atoms with E-state index in [-0.39, 0.29) is 0 Å². The molecule has 4 heteroatoms. The van der Waals surface area contributed by atoms with Gasteiger partial charge in [0, 0.05) is 49.7 Å². The Kier molecular flexibility index (Phi) is 4.64. The minimum Gasteiger partial charge on any atom is -0.370 e. The summed E-state index contributed by atoms with van der Waals surface area (Å²) in [5.74, 6) is 0.985. The summed E-state index contributed by atoms with van der Waals surface area (Å²) in [5.41, 5.74) is 1.28. The van der Waals surface area contributed by atoms with Crippen LogP contribution >= 0.6 is 0 Å². The topological polar surface area (TPSA) is 31.4 Å². The van der Waals surface area contributed by atoms with Crippen LogP contribution in [-0.2, 0) is 0 Å². The van der Waals surface area contributed by atoms with Crippen molar-refractivity contribution in [3.05, 3.63) is 18.3 Å². The quantitative estimate of drug-likeness (QED) is 0.903. The van der Waals surface area contributed by atoms with Crippen molar-refractivity contribution in [2.24, 2.45) is 0 Å². The molecule has 0 spiro atoms. The molecule has 2 unspecified atom stereocenters. The van der Waals surface area contributed by atoms with Gasteiger partial charge in [0.25, 0.3) is 0 Å². The minimum absolute atomic E-state index is 0.587. The predicted octanol–water partition coefficient (Wildman–Crippen LogP) is 2.43. The molecule has 0 bridgehead atoms. The van der Waals surface area contributed by atoms with Gasteiger partial charge in [-0.3, -0.25) is 4.90 Å². The molecule has 4 nitrogen and oxygen atoms in total. The SMILES string of the molecule is CCCNc1cc(N2CC(C)N(C)C(C)C2)ccn1. The summed E-state index contributed by atoms with van der Waals surface area (Å²) in [5, 5.41) is 3.36. The van der Waals surface area contributed by atoms with Crippen molar-refractivity contribution in [2.45, 2.75) is 39.3 Å². The van der Waals surface area contributed by atoms with Crippen molar-refractivity contribution >= 4 is 11.5 Å². The van der Waals surface area contributed by atoms with E-state index in [1.165, 1.54) is 5.69 Å². The molecule has 1 N–H and O–H groups in total. The van der Waals surface area contributed by atoms with Gasteiger partial charge in [-0.05, 0) is 33.4 Å². The first-order valence-corrected chi connectivity index (χ1v) is 7.28. The van der Waals surface area contributed by atoms with E-state index in [1.807, 2.05) is 6.20 Å². The summed E-state index contributed by atoms with van der Waals surface area (Å²) in [4.78, 5) is 9.30. The molecule has 0 aliphatic carbocycles. The number of aromatic nitrogens is 1. The molecule has 106 valence electrons. The fourth-order valence-electron chi connectivity index (χ4n) is 2.58. The summed E-state index contributed by atoms with van der Waals surface area (Å²) in [6.07, 6.45) is 3.02. The van der Waals surface area contributed by atoms with Crippen LogP contribution < -0.4 is 10.2 Å². The maximum absolute atomic E-state index is 4.38. The van der Waals surface area contributed by atoms with Crippen molar-refractivity contribution in [1.82, 2.24) is 9.88 Å². The average molecular weight is 262 g/mol. The number of rotatable bonds is 4. The van der Waals surface area contributed by atoms with Gasteiger partial charge in [0.05, 0.1) is 0 Å². The van der Waals surface area contributed by atoms with E-state index in [4.69, 9.17) is 0 Å². The third-order valence-corrected chi connectivity index (χ3v) is 4.02. The van der Waals surface area contributed by atoms with E-state index < -0.39 is 0 Å². The first-order valence-electron chi connectivity index (χ1n) is 7.28. The van der Waals surface area contributed by atoms with Gasteiger partial charge in [0.2, 0.25) is 0 Å². The standard InChI is InChI=1S/C15H26N4/c1-5-7-16-15-9-14(6-8-17-15)19-10-12(2)18(4)13(3)11-19/h6,8-9,12-13H,5,7,10-11H2,1-4H3,(H,16,17). The lowest BCUT2D eigenvalue weighted by atomic mass is 10.1. The second-order valence-electron chi connectivity index (χ2n) is 5.59. The van der Waals surface area contributed by atoms with E-state index in [1.54, 1.807) is 0 Å². The number of anilines is 2. The van der Waals surface area contributed by atoms with Gasteiger partial charge in [-0.15, -0.1) is 0 Å². The Balaban J connectivity index is 2.09. The number of hydrogen-bond acceptors (Lipinski definition) is 4. The molecule has 19 heavy (non-hydrogen) atoms. The number of likely N-dealkylation sites (N-methyl/N-ethyl adjacent to an activating group) is 1. The zero-order valence-corrected chi connectivity index (χ0v) is 12.6. The molecule has 1 aliphatic rings. The second kappa shape index (κ2) is 6.24. The third kappa shape index (κ3) is 3.38. The molecular weight excluding hydrogens is 236 g/mol. The lowest BCUT2D eigenvalue weighted by Gasteiger charge is -2.43. The van der Waals surface area contributed by atoms with E-state index >= 15 is 0 Å². The van der Waals surface area contributed by atoms with Crippen LogP contribution in [-0.4, -0.2) is 48.6 Å². The van der Waals surface area contributed by atoms with Crippen molar-refractivity contribution in [2.75, 3.05) is 36.9 Å².